The van der Waals surface area contributed by atoms with Crippen molar-refractivity contribution < 1.29 is 9.84 Å². The first-order valence-corrected chi connectivity index (χ1v) is 11.3. The van der Waals surface area contributed by atoms with Gasteiger partial charge in [-0.1, -0.05) is 50.6 Å². The molecule has 0 fully saturated rings. The standard InChI is InChI=1S/C26H35N3O2/c1-5-11-23(30)18-28(16-6-2)19-25-21(4)27-29(22-13-8-7-9-14-22)26(25)31-24-15-10-12-20(3)17-24/h7-10,12-15,17,23,30H,5-6,11,16,18-19H2,1-4H3. The summed E-state index contributed by atoms with van der Waals surface area (Å²) in [5.74, 6) is 1.53. The van der Waals surface area contributed by atoms with Crippen molar-refractivity contribution in [3.8, 4) is 17.3 Å². The van der Waals surface area contributed by atoms with Gasteiger partial charge in [0, 0.05) is 13.1 Å². The van der Waals surface area contributed by atoms with Crippen LogP contribution in [0.15, 0.2) is 54.6 Å². The predicted molar refractivity (Wildman–Crippen MR) is 126 cm³/mol. The van der Waals surface area contributed by atoms with Crippen LogP contribution in [0.2, 0.25) is 0 Å². The minimum atomic E-state index is -0.317. The SMILES string of the molecule is CCCC(O)CN(CCC)Cc1c(C)nn(-c2ccccc2)c1Oc1cccc(C)c1. The lowest BCUT2D eigenvalue weighted by molar-refractivity contribution is 0.100. The molecule has 166 valence electrons. The highest BCUT2D eigenvalue weighted by Gasteiger charge is 2.22. The maximum Gasteiger partial charge on any atom is 0.227 e. The van der Waals surface area contributed by atoms with Gasteiger partial charge in [-0.05, 0) is 63.1 Å². The van der Waals surface area contributed by atoms with Crippen LogP contribution < -0.4 is 4.74 Å². The van der Waals surface area contributed by atoms with Crippen LogP contribution in [-0.4, -0.2) is 39.0 Å². The van der Waals surface area contributed by atoms with E-state index in [0.29, 0.717) is 13.1 Å². The maximum absolute atomic E-state index is 10.4. The number of para-hydroxylation sites is 1. The van der Waals surface area contributed by atoms with E-state index in [1.54, 1.807) is 0 Å². The highest BCUT2D eigenvalue weighted by molar-refractivity contribution is 5.43. The molecule has 5 nitrogen and oxygen atoms in total. The first-order chi connectivity index (χ1) is 15.0. The number of aliphatic hydroxyl groups excluding tert-OH is 1. The minimum absolute atomic E-state index is 0.317. The van der Waals surface area contributed by atoms with Gasteiger partial charge in [-0.2, -0.15) is 5.10 Å². The van der Waals surface area contributed by atoms with E-state index in [9.17, 15) is 5.11 Å². The van der Waals surface area contributed by atoms with Crippen molar-refractivity contribution in [2.45, 2.75) is 59.6 Å². The Kier molecular flexibility index (Phi) is 8.27. The minimum Gasteiger partial charge on any atom is -0.439 e. The number of aromatic nitrogens is 2. The highest BCUT2D eigenvalue weighted by atomic mass is 16.5. The smallest absolute Gasteiger partial charge is 0.227 e. The molecule has 0 saturated heterocycles. The largest absolute Gasteiger partial charge is 0.439 e. The molecular weight excluding hydrogens is 386 g/mol. The molecule has 0 radical (unpaired) electrons. The van der Waals surface area contributed by atoms with Crippen molar-refractivity contribution in [2.24, 2.45) is 0 Å². The normalized spacial score (nSPS) is 12.3. The Morgan fingerprint density at radius 3 is 2.48 bits per heavy atom. The fourth-order valence-corrected chi connectivity index (χ4v) is 3.86. The summed E-state index contributed by atoms with van der Waals surface area (Å²) in [5, 5.41) is 15.2. The molecule has 31 heavy (non-hydrogen) atoms. The second-order valence-corrected chi connectivity index (χ2v) is 8.21. The third-order valence-corrected chi connectivity index (χ3v) is 5.35. The van der Waals surface area contributed by atoms with E-state index >= 15 is 0 Å². The summed E-state index contributed by atoms with van der Waals surface area (Å²) in [5.41, 5.74) is 4.12. The van der Waals surface area contributed by atoms with Crippen molar-refractivity contribution in [1.82, 2.24) is 14.7 Å². The quantitative estimate of drug-likeness (QED) is 0.434. The van der Waals surface area contributed by atoms with E-state index in [1.165, 1.54) is 0 Å². The molecule has 0 bridgehead atoms. The molecule has 0 aliphatic heterocycles. The molecule has 1 N–H and O–H groups in total. The fraction of sp³-hybridized carbons (Fsp3) is 0.423. The molecule has 0 spiro atoms. The Morgan fingerprint density at radius 2 is 1.81 bits per heavy atom. The average molecular weight is 422 g/mol. The lowest BCUT2D eigenvalue weighted by Gasteiger charge is -2.25. The zero-order chi connectivity index (χ0) is 22.2. The van der Waals surface area contributed by atoms with Crippen LogP contribution in [-0.2, 0) is 6.54 Å². The summed E-state index contributed by atoms with van der Waals surface area (Å²) in [7, 11) is 0. The summed E-state index contributed by atoms with van der Waals surface area (Å²) in [6.45, 7) is 10.6. The summed E-state index contributed by atoms with van der Waals surface area (Å²) >= 11 is 0. The van der Waals surface area contributed by atoms with Crippen molar-refractivity contribution in [2.75, 3.05) is 13.1 Å². The second-order valence-electron chi connectivity index (χ2n) is 8.21. The molecule has 0 aliphatic carbocycles. The molecule has 0 saturated carbocycles. The van der Waals surface area contributed by atoms with Crippen LogP contribution in [0.1, 0.15) is 49.9 Å². The van der Waals surface area contributed by atoms with E-state index < -0.39 is 0 Å². The van der Waals surface area contributed by atoms with Gasteiger partial charge in [0.05, 0.1) is 23.0 Å². The van der Waals surface area contributed by atoms with Gasteiger partial charge in [0.15, 0.2) is 0 Å². The molecule has 3 rings (SSSR count). The van der Waals surface area contributed by atoms with E-state index in [1.807, 2.05) is 60.1 Å². The van der Waals surface area contributed by atoms with E-state index in [4.69, 9.17) is 9.84 Å². The first-order valence-electron chi connectivity index (χ1n) is 11.3. The van der Waals surface area contributed by atoms with E-state index in [-0.39, 0.29) is 6.10 Å². The topological polar surface area (TPSA) is 50.5 Å². The van der Waals surface area contributed by atoms with Crippen molar-refractivity contribution in [1.29, 1.82) is 0 Å². The van der Waals surface area contributed by atoms with Gasteiger partial charge in [-0.3, -0.25) is 4.90 Å². The van der Waals surface area contributed by atoms with Crippen LogP contribution in [0.5, 0.6) is 11.6 Å². The molecule has 3 aromatic rings. The molecule has 1 atom stereocenters. The van der Waals surface area contributed by atoms with Crippen LogP contribution in [0.3, 0.4) is 0 Å². The molecule has 1 aromatic heterocycles. The lowest BCUT2D eigenvalue weighted by atomic mass is 10.1. The van der Waals surface area contributed by atoms with E-state index in [0.717, 1.165) is 59.9 Å². The number of hydrogen-bond donors (Lipinski definition) is 1. The molecule has 2 aromatic carbocycles. The monoisotopic (exact) mass is 421 g/mol. The molecular formula is C26H35N3O2. The van der Waals surface area contributed by atoms with Crippen LogP contribution in [0.25, 0.3) is 5.69 Å². The van der Waals surface area contributed by atoms with Gasteiger partial charge in [0.2, 0.25) is 5.88 Å². The van der Waals surface area contributed by atoms with Crippen molar-refractivity contribution in [3.05, 3.63) is 71.4 Å². The number of aliphatic hydroxyl groups is 1. The number of ether oxygens (including phenoxy) is 1. The Labute approximate surface area is 186 Å². The molecule has 1 unspecified atom stereocenters. The molecule has 1 heterocycles. The van der Waals surface area contributed by atoms with Crippen LogP contribution in [0.4, 0.5) is 0 Å². The van der Waals surface area contributed by atoms with Crippen molar-refractivity contribution >= 4 is 0 Å². The van der Waals surface area contributed by atoms with Gasteiger partial charge in [-0.15, -0.1) is 0 Å². The summed E-state index contributed by atoms with van der Waals surface area (Å²) in [6.07, 6.45) is 2.50. The Balaban J connectivity index is 1.98. The highest BCUT2D eigenvalue weighted by Crippen LogP contribution is 2.32. The summed E-state index contributed by atoms with van der Waals surface area (Å²) in [6, 6.07) is 18.2. The Morgan fingerprint density at radius 1 is 1.03 bits per heavy atom. The number of aryl methyl sites for hydroxylation is 2. The Hall–Kier alpha value is -2.63. The summed E-state index contributed by atoms with van der Waals surface area (Å²) in [4.78, 5) is 2.31. The summed E-state index contributed by atoms with van der Waals surface area (Å²) < 4.78 is 8.33. The van der Waals surface area contributed by atoms with Crippen LogP contribution in [0, 0.1) is 13.8 Å². The zero-order valence-corrected chi connectivity index (χ0v) is 19.2. The second kappa shape index (κ2) is 11.1. The van der Waals surface area contributed by atoms with Gasteiger partial charge in [0.25, 0.3) is 0 Å². The van der Waals surface area contributed by atoms with Crippen molar-refractivity contribution in [3.63, 3.8) is 0 Å². The van der Waals surface area contributed by atoms with Gasteiger partial charge >= 0.3 is 0 Å². The fourth-order valence-electron chi connectivity index (χ4n) is 3.86. The van der Waals surface area contributed by atoms with Gasteiger partial charge < -0.3 is 9.84 Å². The molecule has 5 heteroatoms. The predicted octanol–water partition coefficient (Wildman–Crippen LogP) is 5.65. The Bertz CT molecular complexity index is 953. The number of nitrogens with zero attached hydrogens (tertiary/aromatic N) is 3. The zero-order valence-electron chi connectivity index (χ0n) is 19.2. The average Bonchev–Trinajstić information content (AvgIpc) is 3.04. The number of hydrogen-bond acceptors (Lipinski definition) is 4. The molecule has 0 amide bonds. The maximum atomic E-state index is 10.4. The van der Waals surface area contributed by atoms with Gasteiger partial charge in [0.1, 0.15) is 5.75 Å². The number of rotatable bonds is 11. The lowest BCUT2D eigenvalue weighted by Crippen LogP contribution is -2.33. The third-order valence-electron chi connectivity index (χ3n) is 5.35. The first kappa shape index (κ1) is 23.0. The van der Waals surface area contributed by atoms with Crippen LogP contribution >= 0.6 is 0 Å². The molecule has 0 aliphatic rings. The number of benzene rings is 2. The third kappa shape index (κ3) is 6.18. The van der Waals surface area contributed by atoms with E-state index in [2.05, 4.69) is 31.7 Å². The van der Waals surface area contributed by atoms with Gasteiger partial charge in [-0.25, -0.2) is 4.68 Å².